The van der Waals surface area contributed by atoms with E-state index in [2.05, 4.69) is 19.2 Å². The summed E-state index contributed by atoms with van der Waals surface area (Å²) in [6.07, 6.45) is 0.533. The lowest BCUT2D eigenvalue weighted by molar-refractivity contribution is -0.143. The highest BCUT2D eigenvalue weighted by molar-refractivity contribution is 5.88. The van der Waals surface area contributed by atoms with Crippen LogP contribution in [0, 0.1) is 26.7 Å². The molecule has 0 heterocycles. The van der Waals surface area contributed by atoms with Crippen molar-refractivity contribution in [2.75, 3.05) is 13.2 Å². The van der Waals surface area contributed by atoms with Crippen LogP contribution in [0.2, 0.25) is 0 Å². The minimum absolute atomic E-state index is 0.107. The number of benzene rings is 2. The lowest BCUT2D eigenvalue weighted by atomic mass is 10.1. The van der Waals surface area contributed by atoms with E-state index in [0.717, 1.165) is 22.3 Å². The second kappa shape index (κ2) is 11.5. The molecular weight excluding hydrogens is 388 g/mol. The average molecular weight is 425 g/mol. The molecule has 0 aliphatic rings. The van der Waals surface area contributed by atoms with Gasteiger partial charge in [-0.05, 0) is 55.9 Å². The topological polar surface area (TPSA) is 58.6 Å². The fourth-order valence-corrected chi connectivity index (χ4v) is 3.50. The van der Waals surface area contributed by atoms with Gasteiger partial charge in [0, 0.05) is 13.1 Å². The highest BCUT2D eigenvalue weighted by atomic mass is 16.5. The molecule has 2 aromatic carbocycles. The second-order valence-corrected chi connectivity index (χ2v) is 8.57. The van der Waals surface area contributed by atoms with Crippen LogP contribution >= 0.6 is 0 Å². The van der Waals surface area contributed by atoms with E-state index in [1.54, 1.807) is 4.90 Å². The molecule has 31 heavy (non-hydrogen) atoms. The highest BCUT2D eigenvalue weighted by Crippen LogP contribution is 2.20. The minimum Gasteiger partial charge on any atom is -0.483 e. The largest absolute Gasteiger partial charge is 0.483 e. The Labute approximate surface area is 186 Å². The number of ether oxygens (including phenoxy) is 1. The molecule has 0 saturated heterocycles. The van der Waals surface area contributed by atoms with E-state index in [4.69, 9.17) is 4.74 Å². The maximum Gasteiger partial charge on any atom is 0.261 e. The lowest BCUT2D eigenvalue weighted by Gasteiger charge is -2.31. The molecule has 0 fully saturated rings. The average Bonchev–Trinajstić information content (AvgIpc) is 2.72. The van der Waals surface area contributed by atoms with Gasteiger partial charge in [0.15, 0.2) is 6.61 Å². The van der Waals surface area contributed by atoms with Crippen LogP contribution in [0.15, 0.2) is 42.5 Å². The number of hydrogen-bond acceptors (Lipinski definition) is 3. The molecule has 0 saturated carbocycles. The summed E-state index contributed by atoms with van der Waals surface area (Å²) in [7, 11) is 0. The summed E-state index contributed by atoms with van der Waals surface area (Å²) in [5.74, 6) is 0.710. The molecule has 0 bridgehead atoms. The molecule has 0 radical (unpaired) electrons. The van der Waals surface area contributed by atoms with Gasteiger partial charge in [0.2, 0.25) is 5.91 Å². The Morgan fingerprint density at radius 3 is 2.35 bits per heavy atom. The van der Waals surface area contributed by atoms with E-state index in [9.17, 15) is 9.59 Å². The molecule has 0 spiro atoms. The molecule has 0 aliphatic heterocycles. The van der Waals surface area contributed by atoms with Crippen molar-refractivity contribution in [3.8, 4) is 5.75 Å². The van der Waals surface area contributed by atoms with Gasteiger partial charge in [-0.15, -0.1) is 0 Å². The van der Waals surface area contributed by atoms with E-state index in [1.165, 1.54) is 0 Å². The summed E-state index contributed by atoms with van der Waals surface area (Å²) in [5.41, 5.74) is 4.25. The molecule has 168 valence electrons. The van der Waals surface area contributed by atoms with Gasteiger partial charge in [-0.3, -0.25) is 9.59 Å². The quantitative estimate of drug-likeness (QED) is 0.608. The third-order valence-corrected chi connectivity index (χ3v) is 5.35. The zero-order chi connectivity index (χ0) is 23.0. The Bertz CT molecular complexity index is 892. The molecule has 2 rings (SSSR count). The van der Waals surface area contributed by atoms with Crippen LogP contribution in [0.4, 0.5) is 0 Å². The molecular formula is C26H36N2O3. The molecule has 1 atom stereocenters. The first-order valence-electron chi connectivity index (χ1n) is 11.0. The highest BCUT2D eigenvalue weighted by Gasteiger charge is 2.29. The van der Waals surface area contributed by atoms with Crippen LogP contribution in [0.1, 0.15) is 49.4 Å². The van der Waals surface area contributed by atoms with E-state index >= 15 is 0 Å². The summed E-state index contributed by atoms with van der Waals surface area (Å²) in [6.45, 7) is 12.9. The van der Waals surface area contributed by atoms with Crippen molar-refractivity contribution >= 4 is 11.8 Å². The number of nitrogens with one attached hydrogen (secondary N) is 1. The van der Waals surface area contributed by atoms with E-state index in [0.29, 0.717) is 31.2 Å². The summed E-state index contributed by atoms with van der Waals surface area (Å²) >= 11 is 0. The predicted molar refractivity (Wildman–Crippen MR) is 125 cm³/mol. The summed E-state index contributed by atoms with van der Waals surface area (Å²) in [6, 6.07) is 13.3. The smallest absolute Gasteiger partial charge is 0.261 e. The number of hydrogen-bond donors (Lipinski definition) is 1. The van der Waals surface area contributed by atoms with E-state index < -0.39 is 6.04 Å². The fourth-order valence-electron chi connectivity index (χ4n) is 3.50. The van der Waals surface area contributed by atoms with Gasteiger partial charge in [-0.2, -0.15) is 0 Å². The van der Waals surface area contributed by atoms with Crippen molar-refractivity contribution in [2.24, 2.45) is 5.92 Å². The van der Waals surface area contributed by atoms with Gasteiger partial charge < -0.3 is 15.0 Å². The van der Waals surface area contributed by atoms with Gasteiger partial charge in [-0.25, -0.2) is 0 Å². The molecule has 2 amide bonds. The van der Waals surface area contributed by atoms with E-state index in [1.807, 2.05) is 70.2 Å². The van der Waals surface area contributed by atoms with Crippen LogP contribution < -0.4 is 10.1 Å². The van der Waals surface area contributed by atoms with Crippen molar-refractivity contribution in [2.45, 2.75) is 60.5 Å². The first-order valence-corrected chi connectivity index (χ1v) is 11.0. The number of carbonyl (C=O) groups excluding carboxylic acids is 2. The minimum atomic E-state index is -0.548. The number of nitrogens with zero attached hydrogens (tertiary/aromatic N) is 1. The van der Waals surface area contributed by atoms with Crippen LogP contribution in [0.25, 0.3) is 0 Å². The standard InChI is InChI=1S/C26H36N2O3/c1-7-23(26(30)27-15-18(2)3)28(16-22-11-9-8-10-20(22)5)25(29)17-31-24-13-12-19(4)14-21(24)6/h8-14,18,23H,7,15-17H2,1-6H3,(H,27,30)/t23-/m0/s1. The normalized spacial score (nSPS) is 11.8. The van der Waals surface area contributed by atoms with Crippen molar-refractivity contribution in [1.29, 1.82) is 0 Å². The zero-order valence-electron chi connectivity index (χ0n) is 19.7. The lowest BCUT2D eigenvalue weighted by Crippen LogP contribution is -2.50. The molecule has 1 N–H and O–H groups in total. The monoisotopic (exact) mass is 424 g/mol. The maximum atomic E-state index is 13.3. The second-order valence-electron chi connectivity index (χ2n) is 8.57. The summed E-state index contributed by atoms with van der Waals surface area (Å²) < 4.78 is 5.85. The van der Waals surface area contributed by atoms with Crippen molar-refractivity contribution in [3.63, 3.8) is 0 Å². The third kappa shape index (κ3) is 7.12. The number of amides is 2. The third-order valence-electron chi connectivity index (χ3n) is 5.35. The van der Waals surface area contributed by atoms with Gasteiger partial charge in [-0.1, -0.05) is 62.7 Å². The molecule has 2 aromatic rings. The molecule has 0 aromatic heterocycles. The van der Waals surface area contributed by atoms with Crippen LogP contribution in [0.5, 0.6) is 5.75 Å². The summed E-state index contributed by atoms with van der Waals surface area (Å²) in [4.78, 5) is 27.8. The van der Waals surface area contributed by atoms with Crippen LogP contribution in [-0.4, -0.2) is 35.9 Å². The van der Waals surface area contributed by atoms with Gasteiger partial charge in [0.1, 0.15) is 11.8 Å². The Hall–Kier alpha value is -2.82. The molecule has 5 heteroatoms. The zero-order valence-corrected chi connectivity index (χ0v) is 19.7. The maximum absolute atomic E-state index is 13.3. The Morgan fingerprint density at radius 2 is 1.74 bits per heavy atom. The van der Waals surface area contributed by atoms with Gasteiger partial charge in [0.05, 0.1) is 0 Å². The van der Waals surface area contributed by atoms with Crippen molar-refractivity contribution < 1.29 is 14.3 Å². The number of rotatable bonds is 10. The Morgan fingerprint density at radius 1 is 1.03 bits per heavy atom. The molecule has 0 aliphatic carbocycles. The Balaban J connectivity index is 2.23. The fraction of sp³-hybridized carbons (Fsp3) is 0.462. The first-order chi connectivity index (χ1) is 14.7. The first kappa shape index (κ1) is 24.4. The summed E-state index contributed by atoms with van der Waals surface area (Å²) in [5, 5.41) is 2.98. The van der Waals surface area contributed by atoms with Gasteiger partial charge >= 0.3 is 0 Å². The molecule has 0 unspecified atom stereocenters. The SMILES string of the molecule is CC[C@@H](C(=O)NCC(C)C)N(Cc1ccccc1C)C(=O)COc1ccc(C)cc1C. The molecule has 5 nitrogen and oxygen atoms in total. The van der Waals surface area contributed by atoms with Gasteiger partial charge in [0.25, 0.3) is 5.91 Å². The van der Waals surface area contributed by atoms with Crippen molar-refractivity contribution in [1.82, 2.24) is 10.2 Å². The number of aryl methyl sites for hydroxylation is 3. The van der Waals surface area contributed by atoms with Crippen LogP contribution in [0.3, 0.4) is 0 Å². The van der Waals surface area contributed by atoms with E-state index in [-0.39, 0.29) is 18.4 Å². The van der Waals surface area contributed by atoms with Crippen LogP contribution in [-0.2, 0) is 16.1 Å². The van der Waals surface area contributed by atoms with Crippen molar-refractivity contribution in [3.05, 3.63) is 64.7 Å². The number of carbonyl (C=O) groups is 2. The predicted octanol–water partition coefficient (Wildman–Crippen LogP) is 4.57. The Kier molecular flexibility index (Phi) is 9.10.